The summed E-state index contributed by atoms with van der Waals surface area (Å²) in [7, 11) is 0. The number of ketones is 2. The molecule has 0 bridgehead atoms. The van der Waals surface area contributed by atoms with Gasteiger partial charge in [-0.3, -0.25) is 9.59 Å². The molecular formula is C11H10Cl2N2O4. The summed E-state index contributed by atoms with van der Waals surface area (Å²) < 4.78 is 0. The van der Waals surface area contributed by atoms with Gasteiger partial charge in [0.1, 0.15) is 5.03 Å². The number of halogens is 2. The largest absolute Gasteiger partial charge is 0.869 e. The Morgan fingerprint density at radius 1 is 1.21 bits per heavy atom. The molecule has 1 aliphatic carbocycles. The van der Waals surface area contributed by atoms with Crippen LogP contribution in [0.3, 0.4) is 0 Å². The monoisotopic (exact) mass is 304 g/mol. The van der Waals surface area contributed by atoms with Gasteiger partial charge in [0.2, 0.25) is 11.5 Å². The van der Waals surface area contributed by atoms with Crippen LogP contribution in [-0.4, -0.2) is 21.8 Å². The van der Waals surface area contributed by atoms with Crippen molar-refractivity contribution in [1.29, 1.82) is 0 Å². The first kappa shape index (κ1) is 15.3. The van der Waals surface area contributed by atoms with E-state index < -0.39 is 33.1 Å². The van der Waals surface area contributed by atoms with E-state index in [2.05, 4.69) is 16.3 Å². The van der Waals surface area contributed by atoms with E-state index in [1.165, 1.54) is 11.4 Å². The maximum absolute atomic E-state index is 10.8. The number of aliphatic hydroxyl groups excluding tert-OH is 1. The summed E-state index contributed by atoms with van der Waals surface area (Å²) >= 11 is 10.3. The van der Waals surface area contributed by atoms with Gasteiger partial charge in [0.15, 0.2) is 11.5 Å². The van der Waals surface area contributed by atoms with Crippen molar-refractivity contribution in [3.8, 4) is 0 Å². The summed E-state index contributed by atoms with van der Waals surface area (Å²) in [4.78, 5) is 21.5. The summed E-state index contributed by atoms with van der Waals surface area (Å²) in [5.74, 6) is -4.46. The molecule has 0 spiro atoms. The van der Waals surface area contributed by atoms with Crippen LogP contribution in [0.4, 0.5) is 0 Å². The van der Waals surface area contributed by atoms with E-state index in [0.29, 0.717) is 0 Å². The van der Waals surface area contributed by atoms with Crippen molar-refractivity contribution < 1.29 is 24.9 Å². The van der Waals surface area contributed by atoms with Gasteiger partial charge in [-0.15, -0.1) is 5.10 Å². The van der Waals surface area contributed by atoms with Crippen LogP contribution in [0.15, 0.2) is 27.6 Å². The molecular weight excluding hydrogens is 295 g/mol. The molecule has 0 unspecified atom stereocenters. The fraction of sp³-hybridized carbons (Fsp3) is 0.182. The highest BCUT2D eigenvalue weighted by atomic mass is 35.5. The van der Waals surface area contributed by atoms with E-state index in [-0.39, 0.29) is 0 Å². The first-order valence-electron chi connectivity index (χ1n) is 5.04. The van der Waals surface area contributed by atoms with Crippen LogP contribution in [-0.2, 0) is 9.59 Å². The molecule has 6 nitrogen and oxygen atoms in total. The maximum atomic E-state index is 10.8. The van der Waals surface area contributed by atoms with Crippen LogP contribution in [0.5, 0.6) is 0 Å². The lowest BCUT2D eigenvalue weighted by Crippen LogP contribution is -2.26. The molecule has 8 heteroatoms. The van der Waals surface area contributed by atoms with Crippen LogP contribution in [0.1, 0.15) is 11.4 Å². The topological polar surface area (TPSA) is 107 Å². The summed E-state index contributed by atoms with van der Waals surface area (Å²) in [6.45, 7) is 4.03. The minimum atomic E-state index is -1.19. The Morgan fingerprint density at radius 3 is 2.16 bits per heavy atom. The highest BCUT2D eigenvalue weighted by Gasteiger charge is 2.28. The second-order valence-electron chi connectivity index (χ2n) is 3.72. The zero-order valence-electron chi connectivity index (χ0n) is 10.0. The van der Waals surface area contributed by atoms with Gasteiger partial charge in [0.25, 0.3) is 0 Å². The zero-order valence-corrected chi connectivity index (χ0v) is 11.5. The Balaban J connectivity index is 0.000000218. The van der Waals surface area contributed by atoms with Crippen molar-refractivity contribution in [2.45, 2.75) is 13.8 Å². The summed E-state index contributed by atoms with van der Waals surface area (Å²) in [5.41, 5.74) is 2.36. The zero-order chi connectivity index (χ0) is 14.7. The Labute approximate surface area is 118 Å². The Bertz CT molecular complexity index is 523. The number of aliphatic hydroxyl groups is 1. The average molecular weight is 305 g/mol. The normalized spacial score (nSPS) is 15.6. The third kappa shape index (κ3) is 3.36. The first-order chi connectivity index (χ1) is 8.75. The minimum absolute atomic E-state index is 0.783. The number of nitrogens with one attached hydrogen (secondary N) is 2. The molecule has 0 saturated carbocycles. The van der Waals surface area contributed by atoms with Gasteiger partial charge in [-0.1, -0.05) is 23.2 Å². The fourth-order valence-electron chi connectivity index (χ4n) is 1.21. The van der Waals surface area contributed by atoms with E-state index in [0.717, 1.165) is 0 Å². The van der Waals surface area contributed by atoms with E-state index in [1.54, 1.807) is 0 Å². The number of hydrogen-bond donors (Lipinski definition) is 2. The molecule has 0 amide bonds. The number of aromatic nitrogens is 2. The molecule has 1 aromatic heterocycles. The number of aryl methyl sites for hydroxylation is 2. The van der Waals surface area contributed by atoms with Gasteiger partial charge < -0.3 is 10.2 Å². The molecule has 1 heterocycles. The number of carbonyl (C=O) groups excluding carboxylic acids is 2. The molecule has 19 heavy (non-hydrogen) atoms. The molecule has 102 valence electrons. The first-order valence-corrected chi connectivity index (χ1v) is 5.80. The molecule has 0 fully saturated rings. The second-order valence-corrected chi connectivity index (χ2v) is 4.48. The van der Waals surface area contributed by atoms with Crippen molar-refractivity contribution in [3.05, 3.63) is 39.0 Å². The maximum Gasteiger partial charge on any atom is 0.239 e. The van der Waals surface area contributed by atoms with Crippen LogP contribution in [0.25, 0.3) is 0 Å². The number of Topliss-reactive ketones (excluding diaryl/α,β-unsaturated/α-hetero) is 2. The van der Waals surface area contributed by atoms with Gasteiger partial charge >= 0.3 is 0 Å². The van der Waals surface area contributed by atoms with E-state index in [4.69, 9.17) is 28.3 Å². The van der Waals surface area contributed by atoms with Gasteiger partial charge in [-0.2, -0.15) is 5.10 Å². The second kappa shape index (κ2) is 5.90. The number of rotatable bonds is 0. The third-order valence-corrected chi connectivity index (χ3v) is 2.81. The Morgan fingerprint density at radius 2 is 1.79 bits per heavy atom. The van der Waals surface area contributed by atoms with Crippen molar-refractivity contribution in [1.82, 2.24) is 5.10 Å². The number of allylic oxidation sites excluding steroid dienone is 2. The van der Waals surface area contributed by atoms with Crippen LogP contribution in [0, 0.1) is 13.8 Å². The molecule has 0 atom stereocenters. The highest BCUT2D eigenvalue weighted by Crippen LogP contribution is 2.24. The number of hydrogen-bond acceptors (Lipinski definition) is 4. The molecule has 3 N–H and O–H groups in total. The number of H-pyrrole nitrogens is 2. The van der Waals surface area contributed by atoms with Gasteiger partial charge in [0, 0.05) is 13.0 Å². The molecule has 0 aliphatic heterocycles. The standard InChI is InChI=1S/C6H2Cl2O4.C5H8N2/c7-1-3(9)5(11)2(8)6(12)4(1)10;1-4-3-5(2)7-6-4/h9,12H;3H,1-2H3,(H,6,7). The SMILES string of the molecule is Cc1cc(C)[nH+][nH]1.O=C1C(O)=C(Cl)C(=O)C([O-])=C1Cl. The van der Waals surface area contributed by atoms with Crippen LogP contribution >= 0.6 is 23.2 Å². The molecule has 0 aromatic carbocycles. The third-order valence-electron chi connectivity index (χ3n) is 2.12. The van der Waals surface area contributed by atoms with Crippen molar-refractivity contribution in [2.75, 3.05) is 0 Å². The molecule has 0 radical (unpaired) electrons. The Kier molecular flexibility index (Phi) is 4.74. The van der Waals surface area contributed by atoms with E-state index in [9.17, 15) is 14.7 Å². The molecule has 2 rings (SSSR count). The van der Waals surface area contributed by atoms with Crippen molar-refractivity contribution >= 4 is 34.8 Å². The van der Waals surface area contributed by atoms with Crippen LogP contribution < -0.4 is 10.2 Å². The highest BCUT2D eigenvalue weighted by molar-refractivity contribution is 6.55. The number of aromatic amines is 2. The van der Waals surface area contributed by atoms with E-state index in [1.807, 2.05) is 13.8 Å². The Hall–Kier alpha value is -1.79. The molecule has 1 aliphatic rings. The van der Waals surface area contributed by atoms with Gasteiger partial charge in [0.05, 0.1) is 10.7 Å². The molecule has 1 aromatic rings. The van der Waals surface area contributed by atoms with Crippen molar-refractivity contribution in [2.24, 2.45) is 0 Å². The minimum Gasteiger partial charge on any atom is -0.869 e. The average Bonchev–Trinajstić information content (AvgIpc) is 2.76. The fourth-order valence-corrected chi connectivity index (χ4v) is 1.55. The lowest BCUT2D eigenvalue weighted by molar-refractivity contribution is -0.457. The lowest BCUT2D eigenvalue weighted by Gasteiger charge is -2.17. The van der Waals surface area contributed by atoms with E-state index >= 15 is 0 Å². The predicted molar refractivity (Wildman–Crippen MR) is 65.2 cm³/mol. The van der Waals surface area contributed by atoms with Crippen LogP contribution in [0.2, 0.25) is 0 Å². The number of carbonyl (C=O) groups is 2. The van der Waals surface area contributed by atoms with Gasteiger partial charge in [-0.05, 0) is 12.7 Å². The van der Waals surface area contributed by atoms with Gasteiger partial charge in [-0.25, -0.2) is 0 Å². The smallest absolute Gasteiger partial charge is 0.239 e. The summed E-state index contributed by atoms with van der Waals surface area (Å²) in [6.07, 6.45) is 0. The quantitative estimate of drug-likeness (QED) is 0.676. The van der Waals surface area contributed by atoms with Crippen molar-refractivity contribution in [3.63, 3.8) is 0 Å². The summed E-state index contributed by atoms with van der Waals surface area (Å²) in [5, 5.41) is 23.8. The lowest BCUT2D eigenvalue weighted by atomic mass is 10.1. The summed E-state index contributed by atoms with van der Waals surface area (Å²) in [6, 6.07) is 2.06. The predicted octanol–water partition coefficient (Wildman–Crippen LogP) is 0.403. The molecule has 0 saturated heterocycles.